The lowest BCUT2D eigenvalue weighted by Gasteiger charge is -2.13. The molecule has 0 aliphatic carbocycles. The van der Waals surface area contributed by atoms with Crippen molar-refractivity contribution in [2.75, 3.05) is 26.8 Å². The van der Waals surface area contributed by atoms with Gasteiger partial charge in [-0.3, -0.25) is 19.8 Å². The van der Waals surface area contributed by atoms with Crippen LogP contribution in [0, 0.1) is 0 Å². The van der Waals surface area contributed by atoms with E-state index < -0.39 is 36.5 Å². The third-order valence-electron chi connectivity index (χ3n) is 4.35. The van der Waals surface area contributed by atoms with Gasteiger partial charge in [0.1, 0.15) is 12.6 Å². The summed E-state index contributed by atoms with van der Waals surface area (Å²) in [4.78, 5) is 52.1. The summed E-state index contributed by atoms with van der Waals surface area (Å²) in [6, 6.07) is 5.49. The van der Waals surface area contributed by atoms with Crippen molar-refractivity contribution >= 4 is 34.8 Å². The largest absolute Gasteiger partial charge is 0.383 e. The van der Waals surface area contributed by atoms with Gasteiger partial charge in [-0.2, -0.15) is 0 Å². The number of amides is 6. The maximum atomic E-state index is 12.5. The predicted octanol–water partition coefficient (Wildman–Crippen LogP) is 0.103. The van der Waals surface area contributed by atoms with Gasteiger partial charge in [-0.05, 0) is 11.6 Å². The van der Waals surface area contributed by atoms with Crippen molar-refractivity contribution in [2.45, 2.75) is 12.5 Å². The number of carbonyl (C=O) groups is 4. The number of nitrogens with zero attached hydrogens (tertiary/aromatic N) is 1. The third-order valence-corrected chi connectivity index (χ3v) is 4.35. The summed E-state index contributed by atoms with van der Waals surface area (Å²) in [7, 11) is 1.48. The van der Waals surface area contributed by atoms with Crippen LogP contribution in [0.2, 0.25) is 0 Å². The van der Waals surface area contributed by atoms with E-state index in [1.54, 1.807) is 6.20 Å². The molecular weight excluding hydrogens is 366 g/mol. The van der Waals surface area contributed by atoms with Gasteiger partial charge in [0.2, 0.25) is 5.91 Å². The number of para-hydroxylation sites is 1. The van der Waals surface area contributed by atoms with Gasteiger partial charge < -0.3 is 20.4 Å². The number of carbonyl (C=O) groups excluding carboxylic acids is 4. The molecule has 10 heteroatoms. The standard InChI is InChI=1S/C18H21N5O5/c1-28-7-6-19-17(26)22-15(24)10-23-16(25)14(21-18(23)27)8-11-9-20-13-5-3-2-4-12(11)13/h2-5,9,14,20H,6-8,10H2,1H3,(H,21,27)(H2,19,22,24,26)/t14-/m0/s1. The fourth-order valence-corrected chi connectivity index (χ4v) is 3.01. The number of benzene rings is 1. The second-order valence-electron chi connectivity index (χ2n) is 6.29. The van der Waals surface area contributed by atoms with Crippen molar-refractivity contribution < 1.29 is 23.9 Å². The molecule has 0 bridgehead atoms. The van der Waals surface area contributed by atoms with E-state index in [0.29, 0.717) is 13.0 Å². The van der Waals surface area contributed by atoms with E-state index in [4.69, 9.17) is 4.74 Å². The Bertz CT molecular complexity index is 909. The molecule has 2 aromatic rings. The Hall–Kier alpha value is -3.40. The lowest BCUT2D eigenvalue weighted by atomic mass is 10.1. The molecule has 0 unspecified atom stereocenters. The van der Waals surface area contributed by atoms with E-state index in [9.17, 15) is 19.2 Å². The third kappa shape index (κ3) is 4.29. The van der Waals surface area contributed by atoms with Gasteiger partial charge in [0.05, 0.1) is 6.61 Å². The van der Waals surface area contributed by atoms with Gasteiger partial charge in [0.25, 0.3) is 5.91 Å². The van der Waals surface area contributed by atoms with Crippen molar-refractivity contribution in [1.29, 1.82) is 0 Å². The number of imide groups is 2. The number of H-pyrrole nitrogens is 1. The van der Waals surface area contributed by atoms with E-state index in [1.807, 2.05) is 24.3 Å². The Morgan fingerprint density at radius 1 is 1.25 bits per heavy atom. The first-order valence-electron chi connectivity index (χ1n) is 8.73. The number of hydrogen-bond acceptors (Lipinski definition) is 5. The maximum absolute atomic E-state index is 12.5. The van der Waals surface area contributed by atoms with Gasteiger partial charge in [-0.1, -0.05) is 18.2 Å². The lowest BCUT2D eigenvalue weighted by Crippen LogP contribution is -2.46. The molecular formula is C18H21N5O5. The molecule has 6 amide bonds. The van der Waals surface area contributed by atoms with Crippen LogP contribution >= 0.6 is 0 Å². The van der Waals surface area contributed by atoms with Crippen molar-refractivity contribution in [2.24, 2.45) is 0 Å². The van der Waals surface area contributed by atoms with Gasteiger partial charge in [0, 0.05) is 37.2 Å². The number of methoxy groups -OCH3 is 1. The van der Waals surface area contributed by atoms with E-state index in [1.165, 1.54) is 7.11 Å². The Balaban J connectivity index is 1.57. The van der Waals surface area contributed by atoms with Crippen LogP contribution in [0.15, 0.2) is 30.5 Å². The van der Waals surface area contributed by atoms with Crippen LogP contribution in [0.1, 0.15) is 5.56 Å². The van der Waals surface area contributed by atoms with Gasteiger partial charge >= 0.3 is 12.1 Å². The van der Waals surface area contributed by atoms with E-state index in [-0.39, 0.29) is 6.54 Å². The average Bonchev–Trinajstić information content (AvgIpc) is 3.18. The van der Waals surface area contributed by atoms with Crippen LogP contribution < -0.4 is 16.0 Å². The highest BCUT2D eigenvalue weighted by molar-refractivity contribution is 6.08. The minimum atomic E-state index is -0.768. The number of hydrogen-bond donors (Lipinski definition) is 4. The summed E-state index contributed by atoms with van der Waals surface area (Å²) in [5, 5.41) is 8.03. The summed E-state index contributed by atoms with van der Waals surface area (Å²) in [5.74, 6) is -1.27. The Kier molecular flexibility index (Phi) is 5.90. The number of nitrogens with one attached hydrogen (secondary N) is 4. The Morgan fingerprint density at radius 2 is 2.04 bits per heavy atom. The van der Waals surface area contributed by atoms with E-state index >= 15 is 0 Å². The average molecular weight is 387 g/mol. The maximum Gasteiger partial charge on any atom is 0.325 e. The number of fused-ring (bicyclic) bond motifs is 1. The van der Waals surface area contributed by atoms with Crippen molar-refractivity contribution in [1.82, 2.24) is 25.8 Å². The highest BCUT2D eigenvalue weighted by Crippen LogP contribution is 2.21. The molecule has 0 saturated carbocycles. The smallest absolute Gasteiger partial charge is 0.325 e. The highest BCUT2D eigenvalue weighted by Gasteiger charge is 2.39. The van der Waals surface area contributed by atoms with Crippen molar-refractivity contribution in [3.05, 3.63) is 36.0 Å². The molecule has 0 radical (unpaired) electrons. The molecule has 148 valence electrons. The zero-order valence-corrected chi connectivity index (χ0v) is 15.3. The van der Waals surface area contributed by atoms with Crippen LogP contribution in [-0.4, -0.2) is 66.6 Å². The number of ether oxygens (including phenoxy) is 1. The molecule has 1 atom stereocenters. The number of aromatic nitrogens is 1. The molecule has 1 fully saturated rings. The quantitative estimate of drug-likeness (QED) is 0.395. The molecule has 3 rings (SSSR count). The van der Waals surface area contributed by atoms with Gasteiger partial charge in [-0.25, -0.2) is 9.59 Å². The summed E-state index contributed by atoms with van der Waals surface area (Å²) in [5.41, 5.74) is 1.82. The van der Waals surface area contributed by atoms with Crippen LogP contribution in [-0.2, 0) is 20.7 Å². The minimum Gasteiger partial charge on any atom is -0.383 e. The summed E-state index contributed by atoms with van der Waals surface area (Å²) in [6.45, 7) is -0.0116. The Labute approximate surface area is 160 Å². The van der Waals surface area contributed by atoms with Crippen LogP contribution in [0.25, 0.3) is 10.9 Å². The second-order valence-corrected chi connectivity index (χ2v) is 6.29. The molecule has 1 aromatic carbocycles. The number of urea groups is 2. The topological polar surface area (TPSA) is 133 Å². The normalized spacial score (nSPS) is 16.3. The molecule has 1 saturated heterocycles. The number of aromatic amines is 1. The zero-order valence-electron chi connectivity index (χ0n) is 15.3. The molecule has 1 aliphatic rings. The van der Waals surface area contributed by atoms with Crippen LogP contribution in [0.5, 0.6) is 0 Å². The number of rotatable bonds is 7. The molecule has 0 spiro atoms. The molecule has 10 nitrogen and oxygen atoms in total. The van der Waals surface area contributed by atoms with E-state index in [0.717, 1.165) is 21.4 Å². The summed E-state index contributed by atoms with van der Waals surface area (Å²) in [6.07, 6.45) is 2.09. The SMILES string of the molecule is COCCNC(=O)NC(=O)CN1C(=O)N[C@@H](Cc2c[nH]c3ccccc23)C1=O. The van der Waals surface area contributed by atoms with Gasteiger partial charge in [-0.15, -0.1) is 0 Å². The zero-order chi connectivity index (χ0) is 20.1. The fourth-order valence-electron chi connectivity index (χ4n) is 3.01. The summed E-state index contributed by atoms with van der Waals surface area (Å²) < 4.78 is 4.78. The second kappa shape index (κ2) is 8.53. The lowest BCUT2D eigenvalue weighted by molar-refractivity contribution is -0.131. The molecule has 4 N–H and O–H groups in total. The monoisotopic (exact) mass is 387 g/mol. The first-order valence-corrected chi connectivity index (χ1v) is 8.73. The van der Waals surface area contributed by atoms with Crippen molar-refractivity contribution in [3.8, 4) is 0 Å². The molecule has 28 heavy (non-hydrogen) atoms. The molecule has 2 heterocycles. The highest BCUT2D eigenvalue weighted by atomic mass is 16.5. The van der Waals surface area contributed by atoms with E-state index in [2.05, 4.69) is 20.9 Å². The minimum absolute atomic E-state index is 0.228. The molecule has 1 aliphatic heterocycles. The van der Waals surface area contributed by atoms with Gasteiger partial charge in [0.15, 0.2) is 0 Å². The first-order chi connectivity index (χ1) is 13.5. The first kappa shape index (κ1) is 19.4. The Morgan fingerprint density at radius 3 is 2.82 bits per heavy atom. The fraction of sp³-hybridized carbons (Fsp3) is 0.333. The van der Waals surface area contributed by atoms with Crippen LogP contribution in [0.3, 0.4) is 0 Å². The summed E-state index contributed by atoms with van der Waals surface area (Å²) >= 11 is 0. The van der Waals surface area contributed by atoms with Crippen LogP contribution in [0.4, 0.5) is 9.59 Å². The van der Waals surface area contributed by atoms with Crippen molar-refractivity contribution in [3.63, 3.8) is 0 Å². The predicted molar refractivity (Wildman–Crippen MR) is 99.5 cm³/mol. The molecule has 1 aromatic heterocycles.